The van der Waals surface area contributed by atoms with Crippen molar-refractivity contribution < 1.29 is 13.2 Å². The van der Waals surface area contributed by atoms with Crippen LogP contribution < -0.4 is 9.04 Å². The third kappa shape index (κ3) is 3.23. The van der Waals surface area contributed by atoms with Gasteiger partial charge < -0.3 is 4.74 Å². The molecule has 1 atom stereocenters. The summed E-state index contributed by atoms with van der Waals surface area (Å²) in [4.78, 5) is 0.316. The Morgan fingerprint density at radius 1 is 1.14 bits per heavy atom. The fourth-order valence-electron chi connectivity index (χ4n) is 2.17. The van der Waals surface area contributed by atoms with Gasteiger partial charge in [-0.2, -0.15) is 11.8 Å². The van der Waals surface area contributed by atoms with E-state index >= 15 is 0 Å². The number of ether oxygens (including phenoxy) is 1. The van der Waals surface area contributed by atoms with Crippen LogP contribution in [0.5, 0.6) is 5.75 Å². The van der Waals surface area contributed by atoms with E-state index in [4.69, 9.17) is 4.74 Å². The molecule has 116 valence electrons. The van der Waals surface area contributed by atoms with Crippen molar-refractivity contribution >= 4 is 27.5 Å². The maximum Gasteiger partial charge on any atom is 0.264 e. The van der Waals surface area contributed by atoms with Gasteiger partial charge in [0.25, 0.3) is 10.0 Å². The molecule has 0 aromatic heterocycles. The summed E-state index contributed by atoms with van der Waals surface area (Å²) in [6, 6.07) is 15.7. The Kier molecular flexibility index (Phi) is 4.31. The van der Waals surface area contributed by atoms with Crippen LogP contribution in [0.4, 0.5) is 5.69 Å². The normalized spacial score (nSPS) is 17.0. The smallest absolute Gasteiger partial charge is 0.264 e. The fraction of sp³-hybridized carbons (Fsp3) is 0.250. The number of rotatable bonds is 6. The monoisotopic (exact) mass is 335 g/mol. The lowest BCUT2D eigenvalue weighted by Gasteiger charge is -2.24. The second kappa shape index (κ2) is 6.22. The molecule has 1 saturated heterocycles. The lowest BCUT2D eigenvalue weighted by molar-refractivity contribution is 0.415. The van der Waals surface area contributed by atoms with Gasteiger partial charge in [-0.05, 0) is 36.4 Å². The molecular weight excluding hydrogens is 318 g/mol. The minimum atomic E-state index is -3.55. The van der Waals surface area contributed by atoms with Crippen molar-refractivity contribution in [1.82, 2.24) is 0 Å². The molecule has 1 aliphatic rings. The molecule has 6 heteroatoms. The summed E-state index contributed by atoms with van der Waals surface area (Å²) in [7, 11) is -1.96. The van der Waals surface area contributed by atoms with Crippen LogP contribution >= 0.6 is 11.8 Å². The van der Waals surface area contributed by atoms with Gasteiger partial charge >= 0.3 is 0 Å². The average Bonchev–Trinajstić information content (AvgIpc) is 3.38. The average molecular weight is 335 g/mol. The molecule has 1 fully saturated rings. The fourth-order valence-corrected chi connectivity index (χ4v) is 4.29. The van der Waals surface area contributed by atoms with E-state index in [2.05, 4.69) is 0 Å². The van der Waals surface area contributed by atoms with Crippen LogP contribution in [0.1, 0.15) is 0 Å². The first-order valence-electron chi connectivity index (χ1n) is 6.95. The lowest BCUT2D eigenvalue weighted by atomic mass is 10.3. The van der Waals surface area contributed by atoms with Gasteiger partial charge in [0.2, 0.25) is 0 Å². The van der Waals surface area contributed by atoms with Crippen molar-refractivity contribution in [3.8, 4) is 5.75 Å². The molecule has 1 aliphatic heterocycles. The molecule has 2 aromatic rings. The van der Waals surface area contributed by atoms with Gasteiger partial charge in [-0.1, -0.05) is 18.2 Å². The van der Waals surface area contributed by atoms with Gasteiger partial charge in [0, 0.05) is 17.5 Å². The van der Waals surface area contributed by atoms with E-state index in [0.717, 1.165) is 5.75 Å². The van der Waals surface area contributed by atoms with Gasteiger partial charge in [0.05, 0.1) is 17.7 Å². The molecule has 3 rings (SSSR count). The maximum atomic E-state index is 12.9. The highest BCUT2D eigenvalue weighted by atomic mass is 32.2. The topological polar surface area (TPSA) is 46.6 Å². The van der Waals surface area contributed by atoms with E-state index in [1.807, 2.05) is 6.07 Å². The first-order chi connectivity index (χ1) is 10.6. The van der Waals surface area contributed by atoms with Crippen LogP contribution in [0, 0.1) is 0 Å². The molecule has 4 nitrogen and oxygen atoms in total. The molecule has 0 aliphatic carbocycles. The van der Waals surface area contributed by atoms with Crippen LogP contribution in [-0.4, -0.2) is 33.1 Å². The summed E-state index contributed by atoms with van der Waals surface area (Å²) in [6.45, 7) is 0.494. The zero-order valence-corrected chi connectivity index (χ0v) is 13.8. The van der Waals surface area contributed by atoms with E-state index in [0.29, 0.717) is 28.1 Å². The third-order valence-electron chi connectivity index (χ3n) is 3.46. The summed E-state index contributed by atoms with van der Waals surface area (Å²) in [5.74, 6) is 1.72. The van der Waals surface area contributed by atoms with Crippen molar-refractivity contribution in [2.45, 2.75) is 10.1 Å². The number of hydrogen-bond donors (Lipinski definition) is 0. The number of methoxy groups -OCH3 is 1. The molecular formula is C16H17NO3S2. The number of benzene rings is 2. The van der Waals surface area contributed by atoms with Crippen molar-refractivity contribution in [3.05, 3.63) is 54.6 Å². The van der Waals surface area contributed by atoms with E-state index in [1.54, 1.807) is 67.4 Å². The van der Waals surface area contributed by atoms with Gasteiger partial charge in [-0.3, -0.25) is 4.31 Å². The Morgan fingerprint density at radius 2 is 1.77 bits per heavy atom. The quantitative estimate of drug-likeness (QED) is 0.762. The maximum absolute atomic E-state index is 12.9. The summed E-state index contributed by atoms with van der Waals surface area (Å²) in [5.41, 5.74) is 0.664. The molecule has 2 aromatic carbocycles. The number of nitrogens with zero attached hydrogens (tertiary/aromatic N) is 1. The highest BCUT2D eigenvalue weighted by molar-refractivity contribution is 8.07. The van der Waals surface area contributed by atoms with Crippen LogP contribution in [0.25, 0.3) is 0 Å². The van der Waals surface area contributed by atoms with Crippen molar-refractivity contribution in [1.29, 1.82) is 0 Å². The summed E-state index contributed by atoms with van der Waals surface area (Å²) >= 11 is 1.78. The van der Waals surface area contributed by atoms with E-state index < -0.39 is 10.0 Å². The highest BCUT2D eigenvalue weighted by Crippen LogP contribution is 2.34. The second-order valence-electron chi connectivity index (χ2n) is 5.00. The summed E-state index contributed by atoms with van der Waals surface area (Å²) < 4.78 is 32.5. The molecule has 0 radical (unpaired) electrons. The van der Waals surface area contributed by atoms with E-state index in [9.17, 15) is 8.42 Å². The van der Waals surface area contributed by atoms with Crippen molar-refractivity contribution in [2.75, 3.05) is 23.7 Å². The SMILES string of the molecule is COc1ccc(N(C[C@H]2CS2)S(=O)(=O)c2ccccc2)cc1. The number of sulfonamides is 1. The molecule has 22 heavy (non-hydrogen) atoms. The lowest BCUT2D eigenvalue weighted by Crippen LogP contribution is -2.34. The number of anilines is 1. The van der Waals surface area contributed by atoms with Gasteiger partial charge in [0.15, 0.2) is 0 Å². The summed E-state index contributed by atoms with van der Waals surface area (Å²) in [5, 5.41) is 0.376. The summed E-state index contributed by atoms with van der Waals surface area (Å²) in [6.07, 6.45) is 0. The second-order valence-corrected chi connectivity index (χ2v) is 8.20. The third-order valence-corrected chi connectivity index (χ3v) is 6.23. The van der Waals surface area contributed by atoms with Gasteiger partial charge in [-0.15, -0.1) is 0 Å². The minimum Gasteiger partial charge on any atom is -0.497 e. The molecule has 0 unspecified atom stereocenters. The van der Waals surface area contributed by atoms with Crippen LogP contribution in [0.3, 0.4) is 0 Å². The zero-order valence-electron chi connectivity index (χ0n) is 12.2. The standard InChI is InChI=1S/C16H17NO3S2/c1-20-14-9-7-13(8-10-14)17(11-15-12-21-15)22(18,19)16-5-3-2-4-6-16/h2-10,15H,11-12H2,1H3/t15-/m0/s1. The Morgan fingerprint density at radius 3 is 2.32 bits per heavy atom. The van der Waals surface area contributed by atoms with Gasteiger partial charge in [-0.25, -0.2) is 8.42 Å². The van der Waals surface area contributed by atoms with E-state index in [-0.39, 0.29) is 0 Å². The Bertz CT molecular complexity index is 726. The Balaban J connectivity index is 1.98. The van der Waals surface area contributed by atoms with E-state index in [1.165, 1.54) is 4.31 Å². The molecule has 0 bridgehead atoms. The van der Waals surface area contributed by atoms with Gasteiger partial charge in [0.1, 0.15) is 5.75 Å². The molecule has 0 amide bonds. The minimum absolute atomic E-state index is 0.316. The van der Waals surface area contributed by atoms with Crippen molar-refractivity contribution in [2.24, 2.45) is 0 Å². The molecule has 1 heterocycles. The van der Waals surface area contributed by atoms with Crippen LogP contribution in [0.15, 0.2) is 59.5 Å². The largest absolute Gasteiger partial charge is 0.497 e. The molecule has 0 N–H and O–H groups in total. The first-order valence-corrected chi connectivity index (χ1v) is 9.43. The van der Waals surface area contributed by atoms with Crippen LogP contribution in [-0.2, 0) is 10.0 Å². The molecule has 0 saturated carbocycles. The predicted octanol–water partition coefficient (Wildman–Crippen LogP) is 3.01. The Labute approximate surface area is 135 Å². The first kappa shape index (κ1) is 15.2. The number of thioether (sulfide) groups is 1. The highest BCUT2D eigenvalue weighted by Gasteiger charge is 2.32. The van der Waals surface area contributed by atoms with Crippen LogP contribution in [0.2, 0.25) is 0 Å². The molecule has 0 spiro atoms. The Hall–Kier alpha value is -1.66. The van der Waals surface area contributed by atoms with Crippen molar-refractivity contribution in [3.63, 3.8) is 0 Å². The predicted molar refractivity (Wildman–Crippen MR) is 90.2 cm³/mol. The number of hydrogen-bond acceptors (Lipinski definition) is 4. The zero-order chi connectivity index (χ0) is 15.6.